The zero-order valence-electron chi connectivity index (χ0n) is 36.0. The highest BCUT2D eigenvalue weighted by atomic mass is 16.7. The van der Waals surface area contributed by atoms with Gasteiger partial charge in [-0.2, -0.15) is 5.06 Å². The SMILES string of the molecule is COc1c(CN2O[C@@H](CN)[C@@H]([C@H](C)O)[C@H]2C(=O)N[C@H]2C[C@@H](C)C(C)(C)[C@@H](C)[C@@H]2C)cccc1-c1cc(C(=O)N[C@@H](Cc2ccccn2)CN(C)C)cc(N(C)C)c1. The molecular formula is C45H67N7O5. The Balaban J connectivity index is 1.46. The van der Waals surface area contributed by atoms with E-state index in [9.17, 15) is 14.7 Å². The summed E-state index contributed by atoms with van der Waals surface area (Å²) in [6, 6.07) is 16.5. The quantitative estimate of drug-likeness (QED) is 0.166. The minimum absolute atomic E-state index is 0.00893. The van der Waals surface area contributed by atoms with Crippen molar-refractivity contribution < 1.29 is 24.3 Å². The van der Waals surface area contributed by atoms with Gasteiger partial charge in [-0.25, -0.2) is 0 Å². The van der Waals surface area contributed by atoms with Crippen molar-refractivity contribution in [3.8, 4) is 16.9 Å². The number of likely N-dealkylation sites (N-methyl/N-ethyl adjacent to an activating group) is 1. The average molecular weight is 786 g/mol. The molecule has 0 radical (unpaired) electrons. The van der Waals surface area contributed by atoms with E-state index < -0.39 is 24.2 Å². The molecule has 2 heterocycles. The van der Waals surface area contributed by atoms with Gasteiger partial charge in [-0.15, -0.1) is 0 Å². The third-order valence-corrected chi connectivity index (χ3v) is 13.0. The highest BCUT2D eigenvalue weighted by Crippen LogP contribution is 2.47. The number of carbonyl (C=O) groups is 2. The van der Waals surface area contributed by atoms with Gasteiger partial charge in [0.05, 0.1) is 25.9 Å². The Kier molecular flexibility index (Phi) is 14.4. The molecular weight excluding hydrogens is 719 g/mol. The summed E-state index contributed by atoms with van der Waals surface area (Å²) < 4.78 is 6.13. The van der Waals surface area contributed by atoms with E-state index >= 15 is 0 Å². The first kappa shape index (κ1) is 44.0. The molecule has 2 aromatic carbocycles. The van der Waals surface area contributed by atoms with E-state index in [-0.39, 0.29) is 48.3 Å². The molecule has 0 spiro atoms. The van der Waals surface area contributed by atoms with E-state index in [0.717, 1.165) is 34.5 Å². The summed E-state index contributed by atoms with van der Waals surface area (Å²) in [5, 5.41) is 19.4. The minimum Gasteiger partial charge on any atom is -0.496 e. The van der Waals surface area contributed by atoms with E-state index in [4.69, 9.17) is 15.3 Å². The molecule has 1 aromatic heterocycles. The maximum Gasteiger partial charge on any atom is 0.251 e. The van der Waals surface area contributed by atoms with Gasteiger partial charge in [-0.3, -0.25) is 19.4 Å². The number of methoxy groups -OCH3 is 1. The summed E-state index contributed by atoms with van der Waals surface area (Å²) in [7, 11) is 9.50. The summed E-state index contributed by atoms with van der Waals surface area (Å²) in [5.74, 6) is 0.793. The largest absolute Gasteiger partial charge is 0.496 e. The van der Waals surface area contributed by atoms with Crippen molar-refractivity contribution in [1.82, 2.24) is 25.6 Å². The number of amides is 2. The normalized spacial score (nSPS) is 25.8. The molecule has 2 amide bonds. The fraction of sp³-hybridized carbons (Fsp3) is 0.578. The van der Waals surface area contributed by atoms with Crippen LogP contribution in [0.5, 0.6) is 5.75 Å². The Labute approximate surface area is 340 Å². The number of benzene rings is 2. The second-order valence-corrected chi connectivity index (χ2v) is 17.6. The molecule has 2 aliphatic rings. The van der Waals surface area contributed by atoms with Gasteiger partial charge >= 0.3 is 0 Å². The number of hydroxylamine groups is 2. The van der Waals surface area contributed by atoms with Crippen LogP contribution in [0.15, 0.2) is 60.8 Å². The predicted molar refractivity (Wildman–Crippen MR) is 227 cm³/mol. The van der Waals surface area contributed by atoms with Crippen molar-refractivity contribution in [1.29, 1.82) is 0 Å². The molecule has 0 bridgehead atoms. The van der Waals surface area contributed by atoms with Crippen molar-refractivity contribution in [2.45, 2.75) is 91.3 Å². The minimum atomic E-state index is -0.840. The topological polar surface area (TPSA) is 146 Å². The van der Waals surface area contributed by atoms with E-state index in [1.807, 2.05) is 87.7 Å². The molecule has 1 saturated heterocycles. The molecule has 0 unspecified atom stereocenters. The Bertz CT molecular complexity index is 1820. The molecule has 12 nitrogen and oxygen atoms in total. The highest BCUT2D eigenvalue weighted by Gasteiger charge is 2.51. The first-order valence-electron chi connectivity index (χ1n) is 20.4. The summed E-state index contributed by atoms with van der Waals surface area (Å²) >= 11 is 0. The number of carbonyl (C=O) groups excluding carboxylic acids is 2. The molecule has 3 aromatic rings. The number of aromatic nitrogens is 1. The van der Waals surface area contributed by atoms with Gasteiger partial charge in [0.1, 0.15) is 11.8 Å². The maximum atomic E-state index is 14.4. The predicted octanol–water partition coefficient (Wildman–Crippen LogP) is 4.99. The Hall–Kier alpha value is -4.07. The third kappa shape index (κ3) is 9.97. The van der Waals surface area contributed by atoms with E-state index in [0.29, 0.717) is 36.1 Å². The zero-order chi connectivity index (χ0) is 41.8. The number of anilines is 1. The van der Waals surface area contributed by atoms with E-state index in [2.05, 4.69) is 55.1 Å². The van der Waals surface area contributed by atoms with Crippen LogP contribution in [0.25, 0.3) is 11.1 Å². The van der Waals surface area contributed by atoms with Crippen LogP contribution in [-0.2, 0) is 22.6 Å². The summed E-state index contributed by atoms with van der Waals surface area (Å²) in [5.41, 5.74) is 11.0. The second-order valence-electron chi connectivity index (χ2n) is 17.6. The van der Waals surface area contributed by atoms with Gasteiger partial charge in [-0.05, 0) is 86.5 Å². The smallest absolute Gasteiger partial charge is 0.251 e. The van der Waals surface area contributed by atoms with Crippen LogP contribution in [0.1, 0.15) is 69.6 Å². The monoisotopic (exact) mass is 786 g/mol. The van der Waals surface area contributed by atoms with Crippen molar-refractivity contribution in [3.63, 3.8) is 0 Å². The van der Waals surface area contributed by atoms with Crippen molar-refractivity contribution in [2.24, 2.45) is 34.8 Å². The lowest BCUT2D eigenvalue weighted by Crippen LogP contribution is -2.56. The molecule has 57 heavy (non-hydrogen) atoms. The number of nitrogens with zero attached hydrogens (tertiary/aromatic N) is 4. The van der Waals surface area contributed by atoms with E-state index in [1.165, 1.54) is 0 Å². The summed E-state index contributed by atoms with van der Waals surface area (Å²) in [6.45, 7) is 14.1. The Morgan fingerprint density at radius 3 is 2.44 bits per heavy atom. The number of hydrogen-bond acceptors (Lipinski definition) is 10. The lowest BCUT2D eigenvalue weighted by atomic mass is 9.58. The fourth-order valence-electron chi connectivity index (χ4n) is 8.90. The lowest BCUT2D eigenvalue weighted by Gasteiger charge is -2.50. The molecule has 1 saturated carbocycles. The molecule has 312 valence electrons. The number of para-hydroxylation sites is 1. The molecule has 1 aliphatic heterocycles. The van der Waals surface area contributed by atoms with Gasteiger partial charge in [0.25, 0.3) is 5.91 Å². The van der Waals surface area contributed by atoms with Gasteiger partial charge in [0.15, 0.2) is 0 Å². The lowest BCUT2D eigenvalue weighted by molar-refractivity contribution is -0.174. The molecule has 9 atom stereocenters. The highest BCUT2D eigenvalue weighted by molar-refractivity contribution is 5.97. The van der Waals surface area contributed by atoms with Crippen molar-refractivity contribution >= 4 is 17.5 Å². The Morgan fingerprint density at radius 2 is 1.82 bits per heavy atom. The molecule has 1 aliphatic carbocycles. The number of aliphatic hydroxyl groups excluding tert-OH is 1. The van der Waals surface area contributed by atoms with Gasteiger partial charge in [-0.1, -0.05) is 58.9 Å². The number of nitrogens with one attached hydrogen (secondary N) is 2. The van der Waals surface area contributed by atoms with Crippen LogP contribution in [-0.4, -0.2) is 111 Å². The van der Waals surface area contributed by atoms with Crippen molar-refractivity contribution in [2.75, 3.05) is 53.3 Å². The fourth-order valence-corrected chi connectivity index (χ4v) is 8.90. The number of rotatable bonds is 15. The van der Waals surface area contributed by atoms with Crippen LogP contribution < -0.4 is 26.0 Å². The Morgan fingerprint density at radius 1 is 1.09 bits per heavy atom. The zero-order valence-corrected chi connectivity index (χ0v) is 36.0. The van der Waals surface area contributed by atoms with Crippen LogP contribution in [0.4, 0.5) is 5.69 Å². The number of hydrogen-bond donors (Lipinski definition) is 4. The summed E-state index contributed by atoms with van der Waals surface area (Å²) in [6.07, 6.45) is 1.84. The van der Waals surface area contributed by atoms with Crippen LogP contribution in [0, 0.1) is 29.1 Å². The molecule has 12 heteroatoms. The molecule has 5 rings (SSSR count). The first-order valence-corrected chi connectivity index (χ1v) is 20.4. The van der Waals surface area contributed by atoms with Crippen molar-refractivity contribution in [3.05, 3.63) is 77.6 Å². The van der Waals surface area contributed by atoms with Crippen LogP contribution >= 0.6 is 0 Å². The third-order valence-electron chi connectivity index (χ3n) is 13.0. The van der Waals surface area contributed by atoms with E-state index in [1.54, 1.807) is 25.3 Å². The molecule has 2 fully saturated rings. The molecule has 5 N–H and O–H groups in total. The van der Waals surface area contributed by atoms with Gasteiger partial charge in [0, 0.05) is 85.9 Å². The van der Waals surface area contributed by atoms with Crippen LogP contribution in [0.3, 0.4) is 0 Å². The number of nitrogens with two attached hydrogens (primary N) is 1. The second kappa shape index (κ2) is 18.7. The number of pyridine rings is 1. The maximum absolute atomic E-state index is 14.4. The van der Waals surface area contributed by atoms with Crippen LogP contribution in [0.2, 0.25) is 0 Å². The van der Waals surface area contributed by atoms with Gasteiger partial charge < -0.3 is 36.0 Å². The number of ether oxygens (including phenoxy) is 1. The first-order chi connectivity index (χ1) is 27.0. The average Bonchev–Trinajstić information content (AvgIpc) is 3.54. The standard InChI is InChI=1S/C45H67N7O5/c1-27-19-38(28(2)29(3)45(27,5)6)49-44(55)41-40(30(4)53)39(24-46)57-52(41)25-31-15-14-17-37(42(31)56-11)32-20-33(22-36(21-32)51(9)10)43(54)48-35(26-50(7)8)23-34-16-12-13-18-47-34/h12-18,20-22,27-30,35,38-41,53H,19,23-26,46H2,1-11H3,(H,48,54)(H,49,55)/t27-,28+,29+,30+,35+,38+,39+,40-,41+/m1/s1. The summed E-state index contributed by atoms with van der Waals surface area (Å²) in [4.78, 5) is 43.4. The van der Waals surface area contributed by atoms with Gasteiger partial charge in [0.2, 0.25) is 5.91 Å². The number of aliphatic hydroxyl groups is 1.